The van der Waals surface area contributed by atoms with E-state index in [2.05, 4.69) is 26.1 Å². The fraction of sp³-hybridized carbons (Fsp3) is 0.345. The van der Waals surface area contributed by atoms with Gasteiger partial charge >= 0.3 is 13.7 Å². The van der Waals surface area contributed by atoms with Crippen molar-refractivity contribution in [2.24, 2.45) is 5.41 Å². The predicted molar refractivity (Wildman–Crippen MR) is 159 cm³/mol. The zero-order chi connectivity index (χ0) is 32.2. The van der Waals surface area contributed by atoms with Crippen LogP contribution in [0.5, 0.6) is 11.6 Å². The maximum Gasteiger partial charge on any atom is 0.459 e. The Hall–Kier alpha value is -4.58. The number of aliphatic hydroxyl groups excluding tert-OH is 1. The highest BCUT2D eigenvalue weighted by atomic mass is 31.2. The van der Waals surface area contributed by atoms with E-state index in [9.17, 15) is 19.7 Å². The number of nitriles is 1. The number of fused-ring (bicyclic) bond motifs is 1. The highest BCUT2D eigenvalue weighted by Crippen LogP contribution is 2.49. The molecule has 1 fully saturated rings. The smallest absolute Gasteiger partial charge is 0.459 e. The zero-order valence-corrected chi connectivity index (χ0v) is 25.5. The van der Waals surface area contributed by atoms with Gasteiger partial charge in [0.15, 0.2) is 17.4 Å². The van der Waals surface area contributed by atoms with Crippen molar-refractivity contribution in [2.45, 2.75) is 44.9 Å². The van der Waals surface area contributed by atoms with Crippen LogP contribution >= 0.6 is 7.75 Å². The monoisotopic (exact) mass is 637 g/mol. The lowest BCUT2D eigenvalue weighted by Crippen LogP contribution is -2.39. The average Bonchev–Trinajstić information content (AvgIpc) is 3.57. The molecule has 15 nitrogen and oxygen atoms in total. The Bertz CT molecular complexity index is 1740. The number of imidazole rings is 1. The molecule has 6 unspecified atom stereocenters. The first-order valence-electron chi connectivity index (χ1n) is 13.8. The van der Waals surface area contributed by atoms with Crippen molar-refractivity contribution in [3.05, 3.63) is 72.6 Å². The van der Waals surface area contributed by atoms with Crippen molar-refractivity contribution in [3.8, 4) is 17.7 Å². The lowest BCUT2D eigenvalue weighted by atomic mass is 9.84. The van der Waals surface area contributed by atoms with Crippen LogP contribution in [0.15, 0.2) is 67.0 Å². The minimum atomic E-state index is -4.31. The molecule has 236 valence electrons. The van der Waals surface area contributed by atoms with Crippen molar-refractivity contribution < 1.29 is 37.7 Å². The quantitative estimate of drug-likeness (QED) is 0.151. The lowest BCUT2D eigenvalue weighted by molar-refractivity contribution is -0.146. The summed E-state index contributed by atoms with van der Waals surface area (Å²) in [5, 5.41) is 24.0. The molecule has 2 aromatic carbocycles. The highest BCUT2D eigenvalue weighted by Gasteiger charge is 2.56. The average molecular weight is 638 g/mol. The fourth-order valence-electron chi connectivity index (χ4n) is 4.77. The van der Waals surface area contributed by atoms with E-state index >= 15 is 0 Å². The summed E-state index contributed by atoms with van der Waals surface area (Å²) >= 11 is 0. The van der Waals surface area contributed by atoms with Gasteiger partial charge in [-0.25, -0.2) is 9.55 Å². The number of hydrogen-bond donors (Lipinski definition) is 3. The van der Waals surface area contributed by atoms with Gasteiger partial charge in [0.1, 0.15) is 36.0 Å². The molecule has 4 N–H and O–H groups in total. The molecule has 16 heteroatoms. The van der Waals surface area contributed by atoms with Gasteiger partial charge in [0, 0.05) is 0 Å². The Morgan fingerprint density at radius 3 is 2.58 bits per heavy atom. The Balaban J connectivity index is 1.35. The van der Waals surface area contributed by atoms with E-state index in [1.807, 2.05) is 18.2 Å². The number of nitrogens with one attached hydrogen (secondary N) is 1. The Morgan fingerprint density at radius 1 is 1.22 bits per heavy atom. The molecule has 1 aliphatic rings. The lowest BCUT2D eigenvalue weighted by Gasteiger charge is -2.26. The van der Waals surface area contributed by atoms with Crippen molar-refractivity contribution >= 4 is 30.8 Å². The minimum Gasteiger partial charge on any atom is -0.479 e. The van der Waals surface area contributed by atoms with E-state index in [0.29, 0.717) is 0 Å². The standard InChI is InChI=1S/C29H32N7O8P/c1-18(26(38)41-14-19-10-6-4-7-11-19)35-45(39,44-20-12-8-5-9-13-20)42-15-21-23(37)29(2,16-30)27(43-21)36-17-32-22-24(36)33-28(31)34-25(22)40-3/h4-13,17-18,21,23,27,37H,14-15H2,1-3H3,(H,35,39)(H2,31,33,34). The van der Waals surface area contributed by atoms with Crippen LogP contribution in [-0.2, 0) is 30.0 Å². The molecule has 0 amide bonds. The van der Waals surface area contributed by atoms with Crippen LogP contribution in [0.2, 0.25) is 0 Å². The van der Waals surface area contributed by atoms with Gasteiger partial charge in [-0.3, -0.25) is 13.9 Å². The molecule has 1 saturated heterocycles. The topological polar surface area (TPSA) is 206 Å². The summed E-state index contributed by atoms with van der Waals surface area (Å²) < 4.78 is 43.7. The second kappa shape index (κ2) is 13.2. The number of carbonyl (C=O) groups excluding carboxylic acids is 1. The van der Waals surface area contributed by atoms with Crippen molar-refractivity contribution in [3.63, 3.8) is 0 Å². The van der Waals surface area contributed by atoms with E-state index < -0.39 is 50.2 Å². The van der Waals surface area contributed by atoms with E-state index in [4.69, 9.17) is 29.0 Å². The SMILES string of the molecule is COc1nc(N)nc2c1ncn2C1OC(COP(=O)(NC(C)C(=O)OCc2ccccc2)Oc2ccccc2)C(O)C1(C)C#N. The maximum absolute atomic E-state index is 14.0. The molecule has 1 aliphatic heterocycles. The van der Waals surface area contributed by atoms with Crippen LogP contribution in [0.25, 0.3) is 11.2 Å². The third-order valence-corrected chi connectivity index (χ3v) is 8.83. The number of para-hydroxylation sites is 1. The van der Waals surface area contributed by atoms with Crippen molar-refractivity contribution in [1.82, 2.24) is 24.6 Å². The van der Waals surface area contributed by atoms with E-state index in [-0.39, 0.29) is 35.3 Å². The summed E-state index contributed by atoms with van der Waals surface area (Å²) in [6.45, 7) is 2.47. The summed E-state index contributed by atoms with van der Waals surface area (Å²) in [5.41, 5.74) is 5.56. The largest absolute Gasteiger partial charge is 0.479 e. The Morgan fingerprint density at radius 2 is 1.91 bits per heavy atom. The van der Waals surface area contributed by atoms with Gasteiger partial charge in [0.25, 0.3) is 0 Å². The summed E-state index contributed by atoms with van der Waals surface area (Å²) in [6.07, 6.45) is -2.35. The van der Waals surface area contributed by atoms with Gasteiger partial charge < -0.3 is 29.6 Å². The molecule has 0 spiro atoms. The van der Waals surface area contributed by atoms with E-state index in [1.165, 1.54) is 31.9 Å². The number of benzene rings is 2. The number of esters is 1. The van der Waals surface area contributed by atoms with Crippen LogP contribution in [0.1, 0.15) is 25.6 Å². The summed E-state index contributed by atoms with van der Waals surface area (Å²) in [4.78, 5) is 25.3. The zero-order valence-electron chi connectivity index (χ0n) is 24.6. The number of methoxy groups -OCH3 is 1. The van der Waals surface area contributed by atoms with Crippen LogP contribution in [0.3, 0.4) is 0 Å². The molecule has 0 aliphatic carbocycles. The van der Waals surface area contributed by atoms with Gasteiger partial charge in [-0.15, -0.1) is 0 Å². The van der Waals surface area contributed by atoms with Gasteiger partial charge in [0.05, 0.1) is 26.1 Å². The molecular weight excluding hydrogens is 605 g/mol. The number of anilines is 1. The third kappa shape index (κ3) is 6.75. The number of aliphatic hydroxyl groups is 1. The van der Waals surface area contributed by atoms with Crippen LogP contribution in [0.4, 0.5) is 5.95 Å². The first-order valence-corrected chi connectivity index (χ1v) is 15.4. The second-order valence-electron chi connectivity index (χ2n) is 10.4. The summed E-state index contributed by atoms with van der Waals surface area (Å²) in [6, 6.07) is 18.3. The number of aromatic nitrogens is 4. The molecule has 3 heterocycles. The predicted octanol–water partition coefficient (Wildman–Crippen LogP) is 3.13. The molecule has 4 aromatic rings. The normalized spacial score (nSPS) is 23.1. The number of ether oxygens (including phenoxy) is 3. The molecule has 0 bridgehead atoms. The van der Waals surface area contributed by atoms with Gasteiger partial charge in [-0.05, 0) is 31.5 Å². The Labute approximate surface area is 258 Å². The first kappa shape index (κ1) is 31.8. The van der Waals surface area contributed by atoms with E-state index in [1.54, 1.807) is 42.5 Å². The third-order valence-electron chi connectivity index (χ3n) is 7.18. The molecule has 0 radical (unpaired) electrons. The van der Waals surface area contributed by atoms with Crippen LogP contribution in [-0.4, -0.2) is 62.6 Å². The number of carbonyl (C=O) groups is 1. The fourth-order valence-corrected chi connectivity index (χ4v) is 6.27. The van der Waals surface area contributed by atoms with Gasteiger partial charge in [0.2, 0.25) is 11.8 Å². The molecule has 6 atom stereocenters. The minimum absolute atomic E-state index is 0.0119. The number of nitrogens with two attached hydrogens (primary N) is 1. The maximum atomic E-state index is 14.0. The highest BCUT2D eigenvalue weighted by molar-refractivity contribution is 7.52. The summed E-state index contributed by atoms with van der Waals surface area (Å²) in [5.74, 6) is -0.478. The van der Waals surface area contributed by atoms with Crippen LogP contribution in [0, 0.1) is 16.7 Å². The molecule has 45 heavy (non-hydrogen) atoms. The van der Waals surface area contributed by atoms with Crippen molar-refractivity contribution in [2.75, 3.05) is 19.5 Å². The van der Waals surface area contributed by atoms with Gasteiger partial charge in [-0.2, -0.15) is 20.3 Å². The molecular formula is C29H32N7O8P. The van der Waals surface area contributed by atoms with E-state index in [0.717, 1.165) is 5.56 Å². The first-order chi connectivity index (χ1) is 21.6. The van der Waals surface area contributed by atoms with Crippen LogP contribution < -0.4 is 20.1 Å². The molecule has 5 rings (SSSR count). The molecule has 0 saturated carbocycles. The number of hydrogen-bond acceptors (Lipinski definition) is 13. The Kier molecular flexibility index (Phi) is 9.33. The second-order valence-corrected chi connectivity index (χ2v) is 12.1. The van der Waals surface area contributed by atoms with Crippen molar-refractivity contribution in [1.29, 1.82) is 5.26 Å². The van der Waals surface area contributed by atoms with Gasteiger partial charge in [-0.1, -0.05) is 48.5 Å². The molecule has 2 aromatic heterocycles. The summed E-state index contributed by atoms with van der Waals surface area (Å²) in [7, 11) is -2.91. The number of rotatable bonds is 12. The number of nitrogens with zero attached hydrogens (tertiary/aromatic N) is 5. The number of nitrogen functional groups attached to an aromatic ring is 1.